The molecular formula is C7H16OP. The van der Waals surface area contributed by atoms with Crippen molar-refractivity contribution in [1.82, 2.24) is 0 Å². The van der Waals surface area contributed by atoms with Crippen molar-refractivity contribution in [3.05, 3.63) is 0 Å². The molecule has 0 aliphatic carbocycles. The zero-order valence-electron chi connectivity index (χ0n) is 6.15. The van der Waals surface area contributed by atoms with E-state index < -0.39 is 0 Å². The van der Waals surface area contributed by atoms with Crippen molar-refractivity contribution in [1.29, 1.82) is 0 Å². The summed E-state index contributed by atoms with van der Waals surface area (Å²) in [5.74, 6) is 0. The summed E-state index contributed by atoms with van der Waals surface area (Å²) in [4.78, 5) is 0. The van der Waals surface area contributed by atoms with E-state index in [0.29, 0.717) is 0 Å². The van der Waals surface area contributed by atoms with Crippen molar-refractivity contribution >= 4 is 8.46 Å². The van der Waals surface area contributed by atoms with Crippen LogP contribution in [0.4, 0.5) is 0 Å². The van der Waals surface area contributed by atoms with Gasteiger partial charge in [-0.2, -0.15) is 0 Å². The fourth-order valence-corrected chi connectivity index (χ4v) is 1.20. The summed E-state index contributed by atoms with van der Waals surface area (Å²) in [5, 5.41) is 0. The van der Waals surface area contributed by atoms with Crippen LogP contribution in [0.15, 0.2) is 0 Å². The summed E-state index contributed by atoms with van der Waals surface area (Å²) < 4.78 is 9.99. The van der Waals surface area contributed by atoms with Crippen LogP contribution in [0.1, 0.15) is 39.0 Å². The molecule has 0 amide bonds. The summed E-state index contributed by atoms with van der Waals surface area (Å²) in [7, 11) is -0.0803. The Balaban J connectivity index is 2.66. The number of hydrogen-bond acceptors (Lipinski definition) is 1. The van der Waals surface area contributed by atoms with Gasteiger partial charge >= 0.3 is 0 Å². The highest BCUT2D eigenvalue weighted by Gasteiger charge is 1.85. The summed E-state index contributed by atoms with van der Waals surface area (Å²) in [6, 6.07) is 0. The summed E-state index contributed by atoms with van der Waals surface area (Å²) in [5.41, 5.74) is 0. The van der Waals surface area contributed by atoms with Gasteiger partial charge in [0.15, 0.2) is 0 Å². The molecule has 1 unspecified atom stereocenters. The van der Waals surface area contributed by atoms with E-state index in [0.717, 1.165) is 12.6 Å². The van der Waals surface area contributed by atoms with Crippen LogP contribution >= 0.6 is 8.46 Å². The van der Waals surface area contributed by atoms with Crippen LogP contribution in [0.2, 0.25) is 0 Å². The average molecular weight is 147 g/mol. The molecule has 9 heavy (non-hydrogen) atoms. The van der Waals surface area contributed by atoms with E-state index in [2.05, 4.69) is 6.92 Å². The first-order valence-corrected chi connectivity index (χ1v) is 4.88. The fraction of sp³-hybridized carbons (Fsp3) is 1.00. The van der Waals surface area contributed by atoms with Gasteiger partial charge in [-0.25, -0.2) is 0 Å². The third kappa shape index (κ3) is 8.10. The molecule has 0 aromatic carbocycles. The largest absolute Gasteiger partial charge is 0.291 e. The Hall–Kier alpha value is 0.100. The van der Waals surface area contributed by atoms with Gasteiger partial charge in [-0.05, 0) is 6.42 Å². The van der Waals surface area contributed by atoms with Crippen molar-refractivity contribution in [2.75, 3.05) is 6.16 Å². The Morgan fingerprint density at radius 3 is 2.33 bits per heavy atom. The molecule has 2 heteroatoms. The molecule has 0 bridgehead atoms. The molecular weight excluding hydrogens is 131 g/mol. The van der Waals surface area contributed by atoms with Crippen LogP contribution in [0, 0.1) is 0 Å². The fourth-order valence-electron chi connectivity index (χ4n) is 0.801. The van der Waals surface area contributed by atoms with Crippen molar-refractivity contribution < 1.29 is 4.57 Å². The lowest BCUT2D eigenvalue weighted by Crippen LogP contribution is -1.76. The SMILES string of the molecule is CCCCCCC[PH]=O. The number of rotatable bonds is 6. The van der Waals surface area contributed by atoms with Crippen molar-refractivity contribution in [3.63, 3.8) is 0 Å². The van der Waals surface area contributed by atoms with Gasteiger partial charge in [-0.15, -0.1) is 0 Å². The summed E-state index contributed by atoms with van der Waals surface area (Å²) in [6.45, 7) is 2.20. The van der Waals surface area contributed by atoms with E-state index >= 15 is 0 Å². The molecule has 0 heterocycles. The molecule has 1 atom stereocenters. The Morgan fingerprint density at radius 1 is 1.11 bits per heavy atom. The lowest BCUT2D eigenvalue weighted by Gasteiger charge is -1.93. The van der Waals surface area contributed by atoms with Gasteiger partial charge in [0.05, 0.1) is 8.46 Å². The molecule has 1 radical (unpaired) electrons. The van der Waals surface area contributed by atoms with Crippen LogP contribution in [-0.4, -0.2) is 6.16 Å². The van der Waals surface area contributed by atoms with E-state index in [1.807, 2.05) is 0 Å². The lowest BCUT2D eigenvalue weighted by atomic mass is 10.2. The highest BCUT2D eigenvalue weighted by Crippen LogP contribution is 2.05. The molecule has 0 rings (SSSR count). The van der Waals surface area contributed by atoms with Gasteiger partial charge in [0, 0.05) is 6.16 Å². The summed E-state index contributed by atoms with van der Waals surface area (Å²) in [6.07, 6.45) is 7.28. The van der Waals surface area contributed by atoms with Crippen LogP contribution in [-0.2, 0) is 4.57 Å². The molecule has 0 saturated carbocycles. The van der Waals surface area contributed by atoms with E-state index in [1.165, 1.54) is 25.7 Å². The monoisotopic (exact) mass is 147 g/mol. The highest BCUT2D eigenvalue weighted by atomic mass is 31.1. The molecule has 1 nitrogen and oxygen atoms in total. The Kier molecular flexibility index (Phi) is 8.19. The highest BCUT2D eigenvalue weighted by molar-refractivity contribution is 7.23. The maximum Gasteiger partial charge on any atom is 0.0581 e. The normalized spacial score (nSPS) is 10.3. The Labute approximate surface area is 59.0 Å². The average Bonchev–Trinajstić information content (AvgIpc) is 1.89. The second-order valence-corrected chi connectivity index (χ2v) is 3.10. The van der Waals surface area contributed by atoms with Crippen molar-refractivity contribution in [2.24, 2.45) is 0 Å². The maximum atomic E-state index is 9.99. The number of unbranched alkanes of at least 4 members (excludes halogenated alkanes) is 4. The van der Waals surface area contributed by atoms with E-state index in [9.17, 15) is 4.57 Å². The predicted molar refractivity (Wildman–Crippen MR) is 42.6 cm³/mol. The first-order valence-electron chi connectivity index (χ1n) is 3.76. The van der Waals surface area contributed by atoms with Gasteiger partial charge in [0.1, 0.15) is 0 Å². The number of hydrogen-bond donors (Lipinski definition) is 0. The zero-order chi connectivity index (χ0) is 6.95. The molecule has 0 spiro atoms. The third-order valence-corrected chi connectivity index (χ3v) is 1.94. The maximum absolute atomic E-state index is 9.99. The van der Waals surface area contributed by atoms with Crippen LogP contribution in [0.3, 0.4) is 0 Å². The van der Waals surface area contributed by atoms with E-state index in [4.69, 9.17) is 0 Å². The molecule has 0 aliphatic heterocycles. The minimum absolute atomic E-state index is 0.0803. The van der Waals surface area contributed by atoms with Gasteiger partial charge in [-0.1, -0.05) is 32.6 Å². The summed E-state index contributed by atoms with van der Waals surface area (Å²) >= 11 is 0. The van der Waals surface area contributed by atoms with Gasteiger partial charge in [0.2, 0.25) is 0 Å². The second kappa shape index (κ2) is 8.10. The molecule has 0 saturated heterocycles. The first-order chi connectivity index (χ1) is 4.41. The topological polar surface area (TPSA) is 17.1 Å². The van der Waals surface area contributed by atoms with Crippen LogP contribution < -0.4 is 0 Å². The molecule has 0 aliphatic rings. The third-order valence-electron chi connectivity index (χ3n) is 1.38. The van der Waals surface area contributed by atoms with Crippen molar-refractivity contribution in [3.8, 4) is 0 Å². The van der Waals surface area contributed by atoms with Crippen molar-refractivity contribution in [2.45, 2.75) is 39.0 Å². The smallest absolute Gasteiger partial charge is 0.0581 e. The second-order valence-electron chi connectivity index (χ2n) is 2.31. The Morgan fingerprint density at radius 2 is 1.78 bits per heavy atom. The zero-order valence-corrected chi connectivity index (χ0v) is 7.15. The molecule has 0 N–H and O–H groups in total. The van der Waals surface area contributed by atoms with Gasteiger partial charge < -0.3 is 0 Å². The quantitative estimate of drug-likeness (QED) is 0.417. The van der Waals surface area contributed by atoms with E-state index in [1.54, 1.807) is 0 Å². The van der Waals surface area contributed by atoms with Crippen LogP contribution in [0.5, 0.6) is 0 Å². The van der Waals surface area contributed by atoms with E-state index in [-0.39, 0.29) is 8.46 Å². The standard InChI is InChI=1S/C7H16OP/c1-2-3-4-5-6-7-9-8/h9H,2-7H2,1H3. The molecule has 0 fully saturated rings. The van der Waals surface area contributed by atoms with Crippen LogP contribution in [0.25, 0.3) is 0 Å². The van der Waals surface area contributed by atoms with Gasteiger partial charge in [-0.3, -0.25) is 4.57 Å². The minimum atomic E-state index is -0.0803. The van der Waals surface area contributed by atoms with Gasteiger partial charge in [0.25, 0.3) is 0 Å². The first kappa shape index (κ1) is 9.10. The molecule has 0 aromatic rings. The minimum Gasteiger partial charge on any atom is -0.291 e. The molecule has 55 valence electrons. The predicted octanol–water partition coefficient (Wildman–Crippen LogP) is 2.98. The lowest BCUT2D eigenvalue weighted by molar-refractivity contribution is 0.593. The Bertz CT molecular complexity index is 63.9. The molecule has 0 aromatic heterocycles.